The maximum atomic E-state index is 13.9. The van der Waals surface area contributed by atoms with Gasteiger partial charge in [-0.3, -0.25) is 4.79 Å². The number of aliphatic hydroxyl groups is 3. The molecule has 0 spiro atoms. The Balaban J connectivity index is 1.85. The van der Waals surface area contributed by atoms with Crippen molar-refractivity contribution >= 4 is 5.78 Å². The summed E-state index contributed by atoms with van der Waals surface area (Å²) in [5.41, 5.74) is 0.0985. The van der Waals surface area contributed by atoms with Gasteiger partial charge in [-0.25, -0.2) is 0 Å². The van der Waals surface area contributed by atoms with Crippen molar-refractivity contribution in [3.05, 3.63) is 11.6 Å². The highest BCUT2D eigenvalue weighted by molar-refractivity contribution is 6.01. The Morgan fingerprint density at radius 2 is 1.75 bits per heavy atom. The molecule has 0 heterocycles. The molecule has 3 rings (SSSR count). The number of carbonyl (C=O) groups excluding carboxylic acids is 1. The third-order valence-corrected chi connectivity index (χ3v) is 10.2. The smallest absolute Gasteiger partial charge is 0.165 e. The minimum Gasteiger partial charge on any atom is -0.396 e. The monoisotopic (exact) mass is 448 g/mol. The molecule has 0 bridgehead atoms. The van der Waals surface area contributed by atoms with Crippen molar-refractivity contribution in [3.63, 3.8) is 0 Å². The minimum atomic E-state index is -0.676. The Bertz CT molecular complexity index is 700. The summed E-state index contributed by atoms with van der Waals surface area (Å²) in [6.45, 7) is 13.7. The zero-order chi connectivity index (χ0) is 23.8. The molecule has 32 heavy (non-hydrogen) atoms. The van der Waals surface area contributed by atoms with Gasteiger partial charge in [0.15, 0.2) is 5.78 Å². The van der Waals surface area contributed by atoms with E-state index in [0.29, 0.717) is 49.4 Å². The second-order valence-corrected chi connectivity index (χ2v) is 12.4. The van der Waals surface area contributed by atoms with Gasteiger partial charge in [0.1, 0.15) is 0 Å². The Morgan fingerprint density at radius 3 is 2.38 bits per heavy atom. The van der Waals surface area contributed by atoms with Crippen molar-refractivity contribution in [2.45, 2.75) is 105 Å². The molecule has 0 saturated heterocycles. The fourth-order valence-electron chi connectivity index (χ4n) is 7.47. The van der Waals surface area contributed by atoms with Gasteiger partial charge in [0.2, 0.25) is 0 Å². The van der Waals surface area contributed by atoms with E-state index >= 15 is 0 Å². The summed E-state index contributed by atoms with van der Waals surface area (Å²) in [6, 6.07) is 0. The van der Waals surface area contributed by atoms with E-state index in [1.807, 2.05) is 13.0 Å². The van der Waals surface area contributed by atoms with Gasteiger partial charge < -0.3 is 15.3 Å². The number of hydrogen-bond donors (Lipinski definition) is 3. The largest absolute Gasteiger partial charge is 0.396 e. The fourth-order valence-corrected chi connectivity index (χ4v) is 7.47. The Morgan fingerprint density at radius 1 is 1.06 bits per heavy atom. The van der Waals surface area contributed by atoms with Gasteiger partial charge in [0.25, 0.3) is 0 Å². The summed E-state index contributed by atoms with van der Waals surface area (Å²) < 4.78 is 0. The maximum absolute atomic E-state index is 13.9. The van der Waals surface area contributed by atoms with Gasteiger partial charge in [-0.05, 0) is 85.2 Å². The van der Waals surface area contributed by atoms with Crippen molar-refractivity contribution < 1.29 is 20.1 Å². The Labute approximate surface area is 195 Å². The van der Waals surface area contributed by atoms with Crippen LogP contribution in [0.3, 0.4) is 0 Å². The zero-order valence-corrected chi connectivity index (χ0v) is 21.3. The zero-order valence-electron chi connectivity index (χ0n) is 21.3. The van der Waals surface area contributed by atoms with Gasteiger partial charge in [0.05, 0.1) is 12.2 Å². The van der Waals surface area contributed by atoms with Crippen LogP contribution in [0.5, 0.6) is 0 Å². The summed E-state index contributed by atoms with van der Waals surface area (Å²) in [5.74, 6) is 2.51. The molecule has 0 unspecified atom stereocenters. The SMILES string of the molecule is CC(C)[C@H](C)CC[C@@H](C)[C@H]1CC[C@@H](C2=C[C@H](O)[C@H]3C[C@@H](O)CC[C@]3(C)C2=O)[C@]1(C)CCO. The maximum Gasteiger partial charge on any atom is 0.165 e. The molecule has 0 aromatic carbocycles. The lowest BCUT2D eigenvalue weighted by Crippen LogP contribution is -2.52. The molecular formula is C28H48O4. The number of rotatable bonds is 8. The van der Waals surface area contributed by atoms with Crippen molar-refractivity contribution in [2.75, 3.05) is 6.61 Å². The van der Waals surface area contributed by atoms with Crippen molar-refractivity contribution in [2.24, 2.45) is 46.3 Å². The minimum absolute atomic E-state index is 0.0939. The topological polar surface area (TPSA) is 77.8 Å². The lowest BCUT2D eigenvalue weighted by molar-refractivity contribution is -0.138. The molecule has 0 aromatic heterocycles. The lowest BCUT2D eigenvalue weighted by Gasteiger charge is -2.49. The third kappa shape index (κ3) is 4.61. The quantitative estimate of drug-likeness (QED) is 0.480. The molecule has 4 nitrogen and oxygen atoms in total. The highest BCUT2D eigenvalue weighted by Gasteiger charge is 2.56. The van der Waals surface area contributed by atoms with Crippen molar-refractivity contribution in [3.8, 4) is 0 Å². The molecule has 0 aromatic rings. The molecule has 0 aliphatic heterocycles. The average molecular weight is 449 g/mol. The van der Waals surface area contributed by atoms with Crippen LogP contribution in [0, 0.1) is 46.3 Å². The number of hydrogen-bond acceptors (Lipinski definition) is 4. The molecule has 4 heteroatoms. The molecule has 184 valence electrons. The van der Waals surface area contributed by atoms with E-state index < -0.39 is 17.6 Å². The van der Waals surface area contributed by atoms with Crippen LogP contribution in [-0.2, 0) is 4.79 Å². The van der Waals surface area contributed by atoms with Crippen molar-refractivity contribution in [1.82, 2.24) is 0 Å². The van der Waals surface area contributed by atoms with Crippen LogP contribution < -0.4 is 0 Å². The van der Waals surface area contributed by atoms with Crippen LogP contribution in [0.25, 0.3) is 0 Å². The molecule has 0 radical (unpaired) electrons. The van der Waals surface area contributed by atoms with Crippen LogP contribution in [-0.4, -0.2) is 39.9 Å². The lowest BCUT2D eigenvalue weighted by atomic mass is 9.55. The summed E-state index contributed by atoms with van der Waals surface area (Å²) in [6.07, 6.45) is 7.65. The Kier molecular flexibility index (Phi) is 8.00. The second kappa shape index (κ2) is 9.88. The van der Waals surface area contributed by atoms with Crippen LogP contribution in [0.2, 0.25) is 0 Å². The van der Waals surface area contributed by atoms with Gasteiger partial charge in [-0.15, -0.1) is 0 Å². The van der Waals surface area contributed by atoms with Crippen LogP contribution in [0.4, 0.5) is 0 Å². The van der Waals surface area contributed by atoms with Gasteiger partial charge in [0, 0.05) is 17.9 Å². The molecule has 2 saturated carbocycles. The number of carbonyl (C=O) groups is 1. The molecule has 9 atom stereocenters. The summed E-state index contributed by atoms with van der Waals surface area (Å²) in [7, 11) is 0. The van der Waals surface area contributed by atoms with E-state index in [9.17, 15) is 20.1 Å². The highest BCUT2D eigenvalue weighted by Crippen LogP contribution is 2.59. The predicted octanol–water partition coefficient (Wildman–Crippen LogP) is 5.15. The Hall–Kier alpha value is -0.710. The normalized spacial score (nSPS) is 42.0. The average Bonchev–Trinajstić information content (AvgIpc) is 3.07. The van der Waals surface area contributed by atoms with Crippen LogP contribution >= 0.6 is 0 Å². The summed E-state index contributed by atoms with van der Waals surface area (Å²) >= 11 is 0. The first-order valence-electron chi connectivity index (χ1n) is 13.2. The number of allylic oxidation sites excluding steroid dienone is 1. The number of Topliss-reactive ketones (excluding diaryl/α,β-unsaturated/α-hetero) is 1. The van der Waals surface area contributed by atoms with E-state index in [-0.39, 0.29) is 29.6 Å². The first-order valence-corrected chi connectivity index (χ1v) is 13.2. The molecule has 3 aliphatic carbocycles. The first-order chi connectivity index (χ1) is 15.0. The standard InChI is InChI=1S/C28H48O4/c1-17(2)18(3)7-8-19(4)22-9-10-23(27(22,5)13-14-29)21-16-25(31)24-15-20(30)11-12-28(24,6)26(21)32/h16-20,22-25,29-31H,7-15H2,1-6H3/t18-,19-,20+,22-,23+,24-,25+,27-,28+/m1/s1. The molecule has 3 aliphatic rings. The van der Waals surface area contributed by atoms with Gasteiger partial charge in [-0.1, -0.05) is 54.4 Å². The molecular weight excluding hydrogens is 400 g/mol. The third-order valence-electron chi connectivity index (χ3n) is 10.2. The molecule has 3 N–H and O–H groups in total. The first kappa shape index (κ1) is 25.9. The van der Waals surface area contributed by atoms with Crippen LogP contribution in [0.15, 0.2) is 11.6 Å². The van der Waals surface area contributed by atoms with E-state index in [1.54, 1.807) is 0 Å². The fraction of sp³-hybridized carbons (Fsp3) is 0.893. The summed E-state index contributed by atoms with van der Waals surface area (Å²) in [5, 5.41) is 31.2. The predicted molar refractivity (Wildman–Crippen MR) is 129 cm³/mol. The van der Waals surface area contributed by atoms with Gasteiger partial charge in [-0.2, -0.15) is 0 Å². The van der Waals surface area contributed by atoms with E-state index in [1.165, 1.54) is 12.8 Å². The number of aliphatic hydroxyl groups excluding tert-OH is 3. The van der Waals surface area contributed by atoms with Gasteiger partial charge >= 0.3 is 0 Å². The highest BCUT2D eigenvalue weighted by atomic mass is 16.3. The van der Waals surface area contributed by atoms with E-state index in [0.717, 1.165) is 18.4 Å². The van der Waals surface area contributed by atoms with Crippen LogP contribution in [0.1, 0.15) is 92.9 Å². The molecule has 2 fully saturated rings. The van der Waals surface area contributed by atoms with E-state index in [2.05, 4.69) is 34.6 Å². The number of fused-ring (bicyclic) bond motifs is 1. The molecule has 0 amide bonds. The second-order valence-electron chi connectivity index (χ2n) is 12.4. The number of ketones is 1. The van der Waals surface area contributed by atoms with E-state index in [4.69, 9.17) is 0 Å². The summed E-state index contributed by atoms with van der Waals surface area (Å²) in [4.78, 5) is 13.9. The van der Waals surface area contributed by atoms with Crippen molar-refractivity contribution in [1.29, 1.82) is 0 Å².